The van der Waals surface area contributed by atoms with Gasteiger partial charge in [0.15, 0.2) is 0 Å². The van der Waals surface area contributed by atoms with E-state index in [-0.39, 0.29) is 0 Å². The fraction of sp³-hybridized carbons (Fsp3) is 0.333. The molecule has 1 aliphatic carbocycles. The van der Waals surface area contributed by atoms with Crippen molar-refractivity contribution in [2.45, 2.75) is 18.9 Å². The molecule has 1 aromatic rings. The first-order valence-electron chi connectivity index (χ1n) is 3.97. The number of rotatable bonds is 2. The maximum atomic E-state index is 5.73. The van der Waals surface area contributed by atoms with Crippen molar-refractivity contribution < 1.29 is 4.74 Å². The van der Waals surface area contributed by atoms with Crippen LogP contribution >= 0.6 is 11.6 Å². The number of hydrogen-bond acceptors (Lipinski definition) is 2. The summed E-state index contributed by atoms with van der Waals surface area (Å²) < 4.78 is 5.53. The van der Waals surface area contributed by atoms with E-state index in [0.29, 0.717) is 16.8 Å². The second kappa shape index (κ2) is 2.87. The Balaban J connectivity index is 2.18. The number of ether oxygens (including phenoxy) is 1. The maximum absolute atomic E-state index is 5.73. The summed E-state index contributed by atoms with van der Waals surface area (Å²) in [6.45, 7) is 0. The maximum Gasteiger partial charge on any atom is 0.142 e. The number of nitrogens with two attached hydrogens (primary N) is 1. The van der Waals surface area contributed by atoms with Gasteiger partial charge in [0.05, 0.1) is 11.8 Å². The molecule has 2 rings (SSSR count). The lowest BCUT2D eigenvalue weighted by atomic mass is 10.3. The largest absolute Gasteiger partial charge is 0.488 e. The van der Waals surface area contributed by atoms with Crippen LogP contribution in [0.3, 0.4) is 0 Å². The van der Waals surface area contributed by atoms with Crippen molar-refractivity contribution in [3.8, 4) is 5.75 Å². The number of benzene rings is 1. The van der Waals surface area contributed by atoms with Crippen LogP contribution < -0.4 is 10.5 Å². The standard InChI is InChI=1S/C9H10ClNO/c10-6-1-4-9(8(11)5-6)12-7-2-3-7/h1,4-5,7H,2-3,11H2. The Kier molecular flexibility index (Phi) is 1.85. The van der Waals surface area contributed by atoms with E-state index in [0.717, 1.165) is 18.6 Å². The van der Waals surface area contributed by atoms with Gasteiger partial charge in [-0.25, -0.2) is 0 Å². The average Bonchev–Trinajstić information content (AvgIpc) is 2.79. The summed E-state index contributed by atoms with van der Waals surface area (Å²) in [6.07, 6.45) is 2.66. The van der Waals surface area contributed by atoms with Crippen LogP contribution in [-0.2, 0) is 0 Å². The van der Waals surface area contributed by atoms with Gasteiger partial charge in [-0.15, -0.1) is 0 Å². The van der Waals surface area contributed by atoms with Gasteiger partial charge in [-0.2, -0.15) is 0 Å². The van der Waals surface area contributed by atoms with E-state index in [1.54, 1.807) is 12.1 Å². The summed E-state index contributed by atoms with van der Waals surface area (Å²) in [5.41, 5.74) is 6.31. The molecule has 1 aliphatic rings. The molecule has 12 heavy (non-hydrogen) atoms. The van der Waals surface area contributed by atoms with Gasteiger partial charge in [-0.05, 0) is 31.0 Å². The van der Waals surface area contributed by atoms with Gasteiger partial charge in [-0.1, -0.05) is 11.6 Å². The van der Waals surface area contributed by atoms with Gasteiger partial charge in [-0.3, -0.25) is 0 Å². The Morgan fingerprint density at radius 3 is 2.75 bits per heavy atom. The smallest absolute Gasteiger partial charge is 0.142 e. The molecule has 1 fully saturated rings. The van der Waals surface area contributed by atoms with Crippen LogP contribution in [0.15, 0.2) is 18.2 Å². The average molecular weight is 184 g/mol. The molecule has 3 heteroatoms. The van der Waals surface area contributed by atoms with Crippen LogP contribution in [0, 0.1) is 0 Å². The summed E-state index contributed by atoms with van der Waals surface area (Å²) in [5, 5.41) is 0.649. The molecule has 0 saturated heterocycles. The highest BCUT2D eigenvalue weighted by Gasteiger charge is 2.24. The third kappa shape index (κ3) is 1.64. The Bertz CT molecular complexity index is 297. The van der Waals surface area contributed by atoms with Crippen LogP contribution in [0.4, 0.5) is 5.69 Å². The van der Waals surface area contributed by atoms with Crippen molar-refractivity contribution in [3.05, 3.63) is 23.2 Å². The van der Waals surface area contributed by atoms with Gasteiger partial charge in [0.1, 0.15) is 5.75 Å². The van der Waals surface area contributed by atoms with Crippen molar-refractivity contribution in [2.75, 3.05) is 5.73 Å². The van der Waals surface area contributed by atoms with Gasteiger partial charge >= 0.3 is 0 Å². The number of nitrogen functional groups attached to an aromatic ring is 1. The predicted molar refractivity (Wildman–Crippen MR) is 49.5 cm³/mol. The quantitative estimate of drug-likeness (QED) is 0.715. The minimum atomic E-state index is 0.383. The SMILES string of the molecule is Nc1cc(Cl)ccc1OC1CC1. The van der Waals surface area contributed by atoms with Crippen LogP contribution in [0.2, 0.25) is 5.02 Å². The molecule has 0 amide bonds. The molecule has 2 N–H and O–H groups in total. The molecule has 0 aromatic heterocycles. The van der Waals surface area contributed by atoms with E-state index < -0.39 is 0 Å². The fourth-order valence-corrected chi connectivity index (χ4v) is 1.17. The summed E-state index contributed by atoms with van der Waals surface area (Å²) in [4.78, 5) is 0. The number of hydrogen-bond donors (Lipinski definition) is 1. The molecule has 0 radical (unpaired) electrons. The molecule has 64 valence electrons. The van der Waals surface area contributed by atoms with E-state index in [1.165, 1.54) is 0 Å². The highest BCUT2D eigenvalue weighted by Crippen LogP contribution is 2.31. The third-order valence-electron chi connectivity index (χ3n) is 1.79. The second-order valence-corrected chi connectivity index (χ2v) is 3.44. The molecular weight excluding hydrogens is 174 g/mol. The summed E-state index contributed by atoms with van der Waals surface area (Å²) >= 11 is 5.73. The summed E-state index contributed by atoms with van der Waals surface area (Å²) in [5.74, 6) is 0.752. The van der Waals surface area contributed by atoms with E-state index in [1.807, 2.05) is 6.07 Å². The highest BCUT2D eigenvalue weighted by atomic mass is 35.5. The molecule has 0 spiro atoms. The van der Waals surface area contributed by atoms with Crippen molar-refractivity contribution in [2.24, 2.45) is 0 Å². The minimum absolute atomic E-state index is 0.383. The minimum Gasteiger partial charge on any atom is -0.488 e. The van der Waals surface area contributed by atoms with Gasteiger partial charge in [0.25, 0.3) is 0 Å². The molecule has 1 aromatic carbocycles. The van der Waals surface area contributed by atoms with Crippen molar-refractivity contribution in [1.82, 2.24) is 0 Å². The lowest BCUT2D eigenvalue weighted by Crippen LogP contribution is -1.99. The first-order chi connectivity index (χ1) is 5.75. The zero-order valence-corrected chi connectivity index (χ0v) is 7.34. The van der Waals surface area contributed by atoms with E-state index in [4.69, 9.17) is 22.1 Å². The molecule has 0 bridgehead atoms. The lowest BCUT2D eigenvalue weighted by Gasteiger charge is -2.06. The highest BCUT2D eigenvalue weighted by molar-refractivity contribution is 6.30. The van der Waals surface area contributed by atoms with Crippen molar-refractivity contribution in [1.29, 1.82) is 0 Å². The summed E-state index contributed by atoms with van der Waals surface area (Å²) in [6, 6.07) is 5.31. The molecule has 0 unspecified atom stereocenters. The molecule has 2 nitrogen and oxygen atoms in total. The van der Waals surface area contributed by atoms with Crippen LogP contribution in [-0.4, -0.2) is 6.10 Å². The van der Waals surface area contributed by atoms with Crippen molar-refractivity contribution in [3.63, 3.8) is 0 Å². The van der Waals surface area contributed by atoms with Gasteiger partial charge in [0.2, 0.25) is 0 Å². The van der Waals surface area contributed by atoms with Gasteiger partial charge in [0, 0.05) is 5.02 Å². The van der Waals surface area contributed by atoms with E-state index >= 15 is 0 Å². The van der Waals surface area contributed by atoms with Crippen LogP contribution in [0.1, 0.15) is 12.8 Å². The first kappa shape index (κ1) is 7.74. The predicted octanol–water partition coefficient (Wildman–Crippen LogP) is 2.46. The lowest BCUT2D eigenvalue weighted by molar-refractivity contribution is 0.305. The van der Waals surface area contributed by atoms with Crippen LogP contribution in [0.25, 0.3) is 0 Å². The Morgan fingerprint density at radius 1 is 1.42 bits per heavy atom. The normalized spacial score (nSPS) is 16.1. The third-order valence-corrected chi connectivity index (χ3v) is 2.02. The summed E-state index contributed by atoms with van der Waals surface area (Å²) in [7, 11) is 0. The molecule has 0 aliphatic heterocycles. The Hall–Kier alpha value is -0.890. The zero-order valence-electron chi connectivity index (χ0n) is 6.59. The first-order valence-corrected chi connectivity index (χ1v) is 4.35. The van der Waals surface area contributed by atoms with Crippen LogP contribution in [0.5, 0.6) is 5.75 Å². The Labute approximate surface area is 76.3 Å². The molecule has 0 atom stereocenters. The Morgan fingerprint density at radius 2 is 2.17 bits per heavy atom. The zero-order chi connectivity index (χ0) is 8.55. The molecular formula is C9H10ClNO. The van der Waals surface area contributed by atoms with Crippen molar-refractivity contribution >= 4 is 17.3 Å². The van der Waals surface area contributed by atoms with E-state index in [2.05, 4.69) is 0 Å². The van der Waals surface area contributed by atoms with E-state index in [9.17, 15) is 0 Å². The number of anilines is 1. The number of halogens is 1. The molecule has 1 saturated carbocycles. The molecule has 0 heterocycles. The second-order valence-electron chi connectivity index (χ2n) is 3.00. The van der Waals surface area contributed by atoms with Gasteiger partial charge < -0.3 is 10.5 Å². The fourth-order valence-electron chi connectivity index (χ4n) is 0.992. The monoisotopic (exact) mass is 183 g/mol. The topological polar surface area (TPSA) is 35.2 Å².